The molecular formula is C21H24F2. The fourth-order valence-corrected chi connectivity index (χ4v) is 3.57. The van der Waals surface area contributed by atoms with Crippen LogP contribution in [0.4, 0.5) is 8.78 Å². The number of rotatable bonds is 4. The van der Waals surface area contributed by atoms with Gasteiger partial charge in [-0.05, 0) is 53.5 Å². The first-order valence-electron chi connectivity index (χ1n) is 8.65. The number of benzene rings is 2. The third-order valence-electron chi connectivity index (χ3n) is 5.13. The van der Waals surface area contributed by atoms with Crippen LogP contribution < -0.4 is 0 Å². The highest BCUT2D eigenvalue weighted by Crippen LogP contribution is 2.31. The van der Waals surface area contributed by atoms with Crippen LogP contribution in [-0.2, 0) is 6.42 Å². The summed E-state index contributed by atoms with van der Waals surface area (Å²) in [6.07, 6.45) is 7.81. The third kappa shape index (κ3) is 4.40. The molecule has 0 nitrogen and oxygen atoms in total. The van der Waals surface area contributed by atoms with Crippen LogP contribution in [0, 0.1) is 23.5 Å². The highest BCUT2D eigenvalue weighted by atomic mass is 19.1. The van der Waals surface area contributed by atoms with Crippen LogP contribution in [0.5, 0.6) is 0 Å². The molecule has 122 valence electrons. The monoisotopic (exact) mass is 314 g/mol. The fraction of sp³-hybridized carbons (Fsp3) is 0.429. The van der Waals surface area contributed by atoms with E-state index in [-0.39, 0.29) is 0 Å². The average Bonchev–Trinajstić information content (AvgIpc) is 2.54. The molecule has 1 aliphatic rings. The summed E-state index contributed by atoms with van der Waals surface area (Å²) < 4.78 is 26.6. The van der Waals surface area contributed by atoms with Gasteiger partial charge in [0.2, 0.25) is 0 Å². The van der Waals surface area contributed by atoms with E-state index in [4.69, 9.17) is 0 Å². The Morgan fingerprint density at radius 1 is 0.826 bits per heavy atom. The quantitative estimate of drug-likeness (QED) is 0.613. The normalized spacial score (nSPS) is 21.3. The summed E-state index contributed by atoms with van der Waals surface area (Å²) in [6.45, 7) is 2.35. The largest absolute Gasteiger partial charge is 0.207 e. The number of aryl methyl sites for hydroxylation is 1. The molecule has 1 fully saturated rings. The van der Waals surface area contributed by atoms with Gasteiger partial charge in [-0.1, -0.05) is 56.9 Å². The Morgan fingerprint density at radius 2 is 1.43 bits per heavy atom. The van der Waals surface area contributed by atoms with Crippen molar-refractivity contribution in [2.75, 3.05) is 0 Å². The maximum Gasteiger partial charge on any atom is 0.126 e. The topological polar surface area (TPSA) is 0 Å². The van der Waals surface area contributed by atoms with Gasteiger partial charge >= 0.3 is 0 Å². The van der Waals surface area contributed by atoms with Crippen molar-refractivity contribution in [3.8, 4) is 11.1 Å². The predicted molar refractivity (Wildman–Crippen MR) is 91.2 cm³/mol. The molecule has 23 heavy (non-hydrogen) atoms. The summed E-state index contributed by atoms with van der Waals surface area (Å²) in [5.74, 6) is 0.701. The number of hydrogen-bond acceptors (Lipinski definition) is 0. The van der Waals surface area contributed by atoms with Gasteiger partial charge in [-0.3, -0.25) is 0 Å². The highest BCUT2D eigenvalue weighted by molar-refractivity contribution is 5.63. The molecule has 2 aromatic carbocycles. The summed E-state index contributed by atoms with van der Waals surface area (Å²) >= 11 is 0. The Kier molecular flexibility index (Phi) is 5.09. The van der Waals surface area contributed by atoms with Crippen LogP contribution in [0.2, 0.25) is 0 Å². The molecule has 0 saturated heterocycles. The maximum atomic E-state index is 13.3. The van der Waals surface area contributed by atoms with Crippen LogP contribution in [0.1, 0.15) is 44.6 Å². The summed E-state index contributed by atoms with van der Waals surface area (Å²) in [7, 11) is 0. The molecule has 0 amide bonds. The Hall–Kier alpha value is -1.70. The van der Waals surface area contributed by atoms with Crippen LogP contribution >= 0.6 is 0 Å². The first-order valence-corrected chi connectivity index (χ1v) is 8.65. The Morgan fingerprint density at radius 3 is 2.04 bits per heavy atom. The second-order valence-corrected chi connectivity index (χ2v) is 7.02. The minimum absolute atomic E-state index is 0.532. The SMILES string of the molecule is CC1CCC(CCc2ccc(-c3cc(F)cc(F)c3)cc2)CC1. The molecule has 1 aliphatic carbocycles. The molecule has 0 heterocycles. The van der Waals surface area contributed by atoms with Crippen molar-refractivity contribution in [1.82, 2.24) is 0 Å². The average molecular weight is 314 g/mol. The van der Waals surface area contributed by atoms with E-state index in [1.54, 1.807) is 0 Å². The molecule has 1 saturated carbocycles. The third-order valence-corrected chi connectivity index (χ3v) is 5.13. The van der Waals surface area contributed by atoms with Crippen LogP contribution in [0.3, 0.4) is 0 Å². The van der Waals surface area contributed by atoms with Gasteiger partial charge in [-0.25, -0.2) is 8.78 Å². The zero-order valence-corrected chi connectivity index (χ0v) is 13.7. The Bertz CT molecular complexity index is 617. The van der Waals surface area contributed by atoms with Crippen LogP contribution in [0.15, 0.2) is 42.5 Å². The minimum Gasteiger partial charge on any atom is -0.207 e. The van der Waals surface area contributed by atoms with E-state index in [1.165, 1.54) is 49.8 Å². The highest BCUT2D eigenvalue weighted by Gasteiger charge is 2.17. The van der Waals surface area contributed by atoms with Crippen LogP contribution in [-0.4, -0.2) is 0 Å². The van der Waals surface area contributed by atoms with Crippen molar-refractivity contribution in [2.45, 2.75) is 45.4 Å². The second kappa shape index (κ2) is 7.25. The van der Waals surface area contributed by atoms with E-state index in [0.29, 0.717) is 5.56 Å². The molecular weight excluding hydrogens is 290 g/mol. The van der Waals surface area contributed by atoms with Crippen molar-refractivity contribution in [1.29, 1.82) is 0 Å². The van der Waals surface area contributed by atoms with E-state index in [2.05, 4.69) is 19.1 Å². The van der Waals surface area contributed by atoms with E-state index in [1.807, 2.05) is 12.1 Å². The van der Waals surface area contributed by atoms with Crippen molar-refractivity contribution in [3.05, 3.63) is 59.7 Å². The molecule has 0 N–H and O–H groups in total. The lowest BCUT2D eigenvalue weighted by molar-refractivity contribution is 0.278. The number of hydrogen-bond donors (Lipinski definition) is 0. The molecule has 3 rings (SSSR count). The molecule has 0 spiro atoms. The summed E-state index contributed by atoms with van der Waals surface area (Å²) in [4.78, 5) is 0. The maximum absolute atomic E-state index is 13.3. The first-order chi connectivity index (χ1) is 11.1. The zero-order chi connectivity index (χ0) is 16.2. The lowest BCUT2D eigenvalue weighted by Crippen LogP contribution is -2.12. The number of halogens is 2. The standard InChI is InChI=1S/C21H24F2/c1-15-2-4-16(5-3-15)6-7-17-8-10-18(11-9-17)19-12-20(22)14-21(23)13-19/h8-16H,2-7H2,1H3. The van der Waals surface area contributed by atoms with E-state index < -0.39 is 11.6 Å². The van der Waals surface area contributed by atoms with Crippen molar-refractivity contribution >= 4 is 0 Å². The molecule has 0 aliphatic heterocycles. The Labute approximate surface area is 137 Å². The van der Waals surface area contributed by atoms with E-state index in [9.17, 15) is 8.78 Å². The van der Waals surface area contributed by atoms with Gasteiger partial charge in [0.1, 0.15) is 11.6 Å². The van der Waals surface area contributed by atoms with Gasteiger partial charge in [0.15, 0.2) is 0 Å². The molecule has 2 aromatic rings. The van der Waals surface area contributed by atoms with E-state index >= 15 is 0 Å². The Balaban J connectivity index is 1.61. The zero-order valence-electron chi connectivity index (χ0n) is 13.7. The molecule has 0 atom stereocenters. The smallest absolute Gasteiger partial charge is 0.126 e. The van der Waals surface area contributed by atoms with Gasteiger partial charge in [0.05, 0.1) is 0 Å². The van der Waals surface area contributed by atoms with Gasteiger partial charge in [0, 0.05) is 6.07 Å². The fourth-order valence-electron chi connectivity index (χ4n) is 3.57. The molecule has 0 unspecified atom stereocenters. The predicted octanol–water partition coefficient (Wildman–Crippen LogP) is 6.39. The summed E-state index contributed by atoms with van der Waals surface area (Å²) in [5, 5.41) is 0. The summed E-state index contributed by atoms with van der Waals surface area (Å²) in [6, 6.07) is 11.8. The minimum atomic E-state index is -0.532. The van der Waals surface area contributed by atoms with Gasteiger partial charge in [-0.15, -0.1) is 0 Å². The first kappa shape index (κ1) is 16.2. The molecule has 0 radical (unpaired) electrons. The van der Waals surface area contributed by atoms with Gasteiger partial charge in [0.25, 0.3) is 0 Å². The molecule has 0 aromatic heterocycles. The van der Waals surface area contributed by atoms with Crippen LogP contribution in [0.25, 0.3) is 11.1 Å². The second-order valence-electron chi connectivity index (χ2n) is 7.02. The summed E-state index contributed by atoms with van der Waals surface area (Å²) in [5.41, 5.74) is 2.76. The molecule has 2 heteroatoms. The van der Waals surface area contributed by atoms with Gasteiger partial charge in [-0.2, -0.15) is 0 Å². The van der Waals surface area contributed by atoms with Crippen molar-refractivity contribution in [2.24, 2.45) is 11.8 Å². The lowest BCUT2D eigenvalue weighted by Gasteiger charge is -2.26. The lowest BCUT2D eigenvalue weighted by atomic mass is 9.80. The van der Waals surface area contributed by atoms with Crippen molar-refractivity contribution < 1.29 is 8.78 Å². The van der Waals surface area contributed by atoms with Crippen molar-refractivity contribution in [3.63, 3.8) is 0 Å². The van der Waals surface area contributed by atoms with Gasteiger partial charge < -0.3 is 0 Å². The molecule has 0 bridgehead atoms. The van der Waals surface area contributed by atoms with E-state index in [0.717, 1.165) is 29.9 Å².